The van der Waals surface area contributed by atoms with E-state index in [4.69, 9.17) is 4.74 Å². The zero-order valence-electron chi connectivity index (χ0n) is 13.4. The number of hydrogen-bond donors (Lipinski definition) is 0. The third kappa shape index (κ3) is 2.09. The van der Waals surface area contributed by atoms with Gasteiger partial charge in [-0.05, 0) is 44.4 Å². The SMILES string of the molecule is CCO[C@@H]1C[C@H](N(C)C(=O)[C@H]2C[C@H]3CC[C@H]2C3)C1(C)C. The average Bonchev–Trinajstić information content (AvgIpc) is 3.04. The molecule has 0 spiro atoms. The summed E-state index contributed by atoms with van der Waals surface area (Å²) < 4.78 is 5.79. The van der Waals surface area contributed by atoms with E-state index in [1.807, 2.05) is 14.0 Å². The van der Waals surface area contributed by atoms with E-state index in [2.05, 4.69) is 18.7 Å². The molecule has 2 bridgehead atoms. The van der Waals surface area contributed by atoms with Gasteiger partial charge in [-0.1, -0.05) is 20.3 Å². The Bertz CT molecular complexity index is 392. The molecule has 3 saturated carbocycles. The van der Waals surface area contributed by atoms with Crippen LogP contribution >= 0.6 is 0 Å². The van der Waals surface area contributed by atoms with Crippen molar-refractivity contribution in [2.24, 2.45) is 23.2 Å². The first-order valence-corrected chi connectivity index (χ1v) is 8.33. The molecule has 5 atom stereocenters. The summed E-state index contributed by atoms with van der Waals surface area (Å²) in [5, 5.41) is 0. The van der Waals surface area contributed by atoms with Gasteiger partial charge in [0, 0.05) is 31.0 Å². The van der Waals surface area contributed by atoms with Crippen LogP contribution in [0.25, 0.3) is 0 Å². The van der Waals surface area contributed by atoms with Crippen LogP contribution in [0.5, 0.6) is 0 Å². The van der Waals surface area contributed by atoms with E-state index >= 15 is 0 Å². The molecule has 114 valence electrons. The first-order chi connectivity index (χ1) is 9.45. The van der Waals surface area contributed by atoms with Crippen molar-refractivity contribution in [1.82, 2.24) is 4.90 Å². The van der Waals surface area contributed by atoms with Gasteiger partial charge in [-0.3, -0.25) is 4.79 Å². The van der Waals surface area contributed by atoms with Gasteiger partial charge in [0.2, 0.25) is 5.91 Å². The Kier molecular flexibility index (Phi) is 3.60. The van der Waals surface area contributed by atoms with Gasteiger partial charge in [-0.15, -0.1) is 0 Å². The fourth-order valence-electron chi connectivity index (χ4n) is 4.97. The van der Waals surface area contributed by atoms with Gasteiger partial charge >= 0.3 is 0 Å². The van der Waals surface area contributed by atoms with Crippen LogP contribution in [0, 0.1) is 23.2 Å². The predicted molar refractivity (Wildman–Crippen MR) is 79.3 cm³/mol. The Labute approximate surface area is 123 Å². The van der Waals surface area contributed by atoms with E-state index in [1.54, 1.807) is 0 Å². The lowest BCUT2D eigenvalue weighted by molar-refractivity contribution is -0.167. The molecule has 0 aliphatic heterocycles. The van der Waals surface area contributed by atoms with Gasteiger partial charge < -0.3 is 9.64 Å². The monoisotopic (exact) mass is 279 g/mol. The van der Waals surface area contributed by atoms with Crippen molar-refractivity contribution >= 4 is 5.91 Å². The molecular weight excluding hydrogens is 250 g/mol. The maximum absolute atomic E-state index is 12.8. The van der Waals surface area contributed by atoms with Crippen LogP contribution < -0.4 is 0 Å². The maximum atomic E-state index is 12.8. The number of ether oxygens (including phenoxy) is 1. The van der Waals surface area contributed by atoms with E-state index in [0.717, 1.165) is 25.4 Å². The number of hydrogen-bond acceptors (Lipinski definition) is 2. The van der Waals surface area contributed by atoms with E-state index in [0.29, 0.717) is 29.9 Å². The molecule has 0 heterocycles. The molecule has 0 saturated heterocycles. The summed E-state index contributed by atoms with van der Waals surface area (Å²) in [4.78, 5) is 14.9. The summed E-state index contributed by atoms with van der Waals surface area (Å²) in [7, 11) is 2.02. The van der Waals surface area contributed by atoms with Gasteiger partial charge in [-0.2, -0.15) is 0 Å². The van der Waals surface area contributed by atoms with Crippen LogP contribution in [0.3, 0.4) is 0 Å². The lowest BCUT2D eigenvalue weighted by Crippen LogP contribution is -2.63. The lowest BCUT2D eigenvalue weighted by Gasteiger charge is -2.55. The molecular formula is C17H29NO2. The van der Waals surface area contributed by atoms with Crippen LogP contribution in [-0.2, 0) is 9.53 Å². The quantitative estimate of drug-likeness (QED) is 0.791. The molecule has 0 radical (unpaired) electrons. The molecule has 0 aromatic carbocycles. The second-order valence-electron chi connectivity index (χ2n) is 7.75. The van der Waals surface area contributed by atoms with Crippen molar-refractivity contribution in [3.05, 3.63) is 0 Å². The van der Waals surface area contributed by atoms with Crippen molar-refractivity contribution in [1.29, 1.82) is 0 Å². The molecule has 0 N–H and O–H groups in total. The molecule has 3 fully saturated rings. The minimum atomic E-state index is 0.0953. The highest BCUT2D eigenvalue weighted by Gasteiger charge is 2.53. The standard InChI is InChI=1S/C17H29NO2/c1-5-20-15-10-14(17(15,2)3)18(4)16(19)13-9-11-6-7-12(13)8-11/h11-15H,5-10H2,1-4H3/t11-,12-,13-,14-,15+/m0/s1. The van der Waals surface area contributed by atoms with E-state index < -0.39 is 0 Å². The molecule has 20 heavy (non-hydrogen) atoms. The highest BCUT2D eigenvalue weighted by molar-refractivity contribution is 5.80. The van der Waals surface area contributed by atoms with E-state index in [1.165, 1.54) is 19.3 Å². The van der Waals surface area contributed by atoms with Gasteiger partial charge in [0.15, 0.2) is 0 Å². The highest BCUT2D eigenvalue weighted by Crippen LogP contribution is 2.51. The normalized spacial score (nSPS) is 41.5. The van der Waals surface area contributed by atoms with Crippen LogP contribution in [0.4, 0.5) is 0 Å². The fraction of sp³-hybridized carbons (Fsp3) is 0.941. The molecule has 3 aliphatic carbocycles. The average molecular weight is 279 g/mol. The molecule has 0 aromatic heterocycles. The minimum absolute atomic E-state index is 0.0953. The molecule has 3 heteroatoms. The second kappa shape index (κ2) is 5.01. The predicted octanol–water partition coefficient (Wildman–Crippen LogP) is 3.08. The summed E-state index contributed by atoms with van der Waals surface area (Å²) in [5.41, 5.74) is 0.0953. The van der Waals surface area contributed by atoms with Crippen LogP contribution in [-0.4, -0.2) is 36.6 Å². The van der Waals surface area contributed by atoms with Crippen molar-refractivity contribution in [2.45, 2.75) is 65.0 Å². The van der Waals surface area contributed by atoms with E-state index in [9.17, 15) is 4.79 Å². The van der Waals surface area contributed by atoms with Gasteiger partial charge in [-0.25, -0.2) is 0 Å². The van der Waals surface area contributed by atoms with Crippen LogP contribution in [0.2, 0.25) is 0 Å². The fourth-order valence-corrected chi connectivity index (χ4v) is 4.97. The lowest BCUT2D eigenvalue weighted by atomic mass is 9.63. The number of carbonyl (C=O) groups excluding carboxylic acids is 1. The van der Waals surface area contributed by atoms with Crippen molar-refractivity contribution in [3.63, 3.8) is 0 Å². The summed E-state index contributed by atoms with van der Waals surface area (Å²) in [6, 6.07) is 0.352. The van der Waals surface area contributed by atoms with Gasteiger partial charge in [0.05, 0.1) is 6.10 Å². The molecule has 0 aromatic rings. The number of amides is 1. The molecule has 3 rings (SSSR count). The van der Waals surface area contributed by atoms with Crippen molar-refractivity contribution in [2.75, 3.05) is 13.7 Å². The minimum Gasteiger partial charge on any atom is -0.378 e. The summed E-state index contributed by atoms with van der Waals surface area (Å²) in [5.74, 6) is 2.25. The van der Waals surface area contributed by atoms with Crippen LogP contribution in [0.1, 0.15) is 52.9 Å². The smallest absolute Gasteiger partial charge is 0.225 e. The van der Waals surface area contributed by atoms with Crippen LogP contribution in [0.15, 0.2) is 0 Å². The summed E-state index contributed by atoms with van der Waals surface area (Å²) in [6.45, 7) is 7.30. The first-order valence-electron chi connectivity index (χ1n) is 8.33. The number of carbonyl (C=O) groups is 1. The largest absolute Gasteiger partial charge is 0.378 e. The zero-order valence-corrected chi connectivity index (χ0v) is 13.4. The molecule has 1 amide bonds. The third-order valence-electron chi connectivity index (χ3n) is 6.36. The summed E-state index contributed by atoms with van der Waals surface area (Å²) >= 11 is 0. The molecule has 3 aliphatic rings. The number of nitrogens with zero attached hydrogens (tertiary/aromatic N) is 1. The zero-order chi connectivity index (χ0) is 14.5. The van der Waals surface area contributed by atoms with E-state index in [-0.39, 0.29) is 5.41 Å². The molecule has 0 unspecified atom stereocenters. The summed E-state index contributed by atoms with van der Waals surface area (Å²) in [6.07, 6.45) is 6.41. The Morgan fingerprint density at radius 2 is 2.00 bits per heavy atom. The topological polar surface area (TPSA) is 29.5 Å². The Morgan fingerprint density at radius 1 is 1.25 bits per heavy atom. The van der Waals surface area contributed by atoms with Crippen molar-refractivity contribution < 1.29 is 9.53 Å². The van der Waals surface area contributed by atoms with Gasteiger partial charge in [0.25, 0.3) is 0 Å². The first kappa shape index (κ1) is 14.4. The number of fused-ring (bicyclic) bond motifs is 2. The third-order valence-corrected chi connectivity index (χ3v) is 6.36. The Hall–Kier alpha value is -0.570. The Morgan fingerprint density at radius 3 is 2.50 bits per heavy atom. The highest BCUT2D eigenvalue weighted by atomic mass is 16.5. The van der Waals surface area contributed by atoms with Crippen molar-refractivity contribution in [3.8, 4) is 0 Å². The number of rotatable bonds is 4. The maximum Gasteiger partial charge on any atom is 0.225 e. The second-order valence-corrected chi connectivity index (χ2v) is 7.75. The Balaban J connectivity index is 1.62. The molecule has 3 nitrogen and oxygen atoms in total. The van der Waals surface area contributed by atoms with Gasteiger partial charge in [0.1, 0.15) is 0 Å².